The summed E-state index contributed by atoms with van der Waals surface area (Å²) >= 11 is 1.99. The van der Waals surface area contributed by atoms with Gasteiger partial charge in [0, 0.05) is 22.5 Å². The summed E-state index contributed by atoms with van der Waals surface area (Å²) in [5, 5.41) is 27.5. The van der Waals surface area contributed by atoms with Crippen LogP contribution in [0.3, 0.4) is 0 Å². The SMILES string of the molecule is N#Cc1c(Cc2ccc(I)cc2F)cc(F)cc1OCCC(O)CO. The Morgan fingerprint density at radius 3 is 2.60 bits per heavy atom. The van der Waals surface area contributed by atoms with Crippen LogP contribution in [0, 0.1) is 26.5 Å². The fourth-order valence-corrected chi connectivity index (χ4v) is 2.74. The molecule has 132 valence electrons. The van der Waals surface area contributed by atoms with Crippen molar-refractivity contribution in [2.75, 3.05) is 13.2 Å². The van der Waals surface area contributed by atoms with Crippen LogP contribution in [-0.4, -0.2) is 29.5 Å². The molecule has 0 radical (unpaired) electrons. The summed E-state index contributed by atoms with van der Waals surface area (Å²) in [6.45, 7) is -0.397. The average molecular weight is 459 g/mol. The lowest BCUT2D eigenvalue weighted by Crippen LogP contribution is -2.16. The molecule has 2 rings (SSSR count). The topological polar surface area (TPSA) is 73.5 Å². The molecule has 2 aromatic carbocycles. The van der Waals surface area contributed by atoms with E-state index in [1.807, 2.05) is 28.7 Å². The highest BCUT2D eigenvalue weighted by molar-refractivity contribution is 14.1. The third-order valence-electron chi connectivity index (χ3n) is 3.58. The quantitative estimate of drug-likeness (QED) is 0.625. The number of nitriles is 1. The fraction of sp³-hybridized carbons (Fsp3) is 0.278. The van der Waals surface area contributed by atoms with Crippen molar-refractivity contribution in [1.29, 1.82) is 5.26 Å². The van der Waals surface area contributed by atoms with Crippen LogP contribution >= 0.6 is 22.6 Å². The van der Waals surface area contributed by atoms with Gasteiger partial charge in [0.15, 0.2) is 0 Å². The highest BCUT2D eigenvalue weighted by Crippen LogP contribution is 2.27. The van der Waals surface area contributed by atoms with Gasteiger partial charge in [-0.25, -0.2) is 8.78 Å². The van der Waals surface area contributed by atoms with Gasteiger partial charge < -0.3 is 14.9 Å². The number of benzene rings is 2. The maximum Gasteiger partial charge on any atom is 0.140 e. The summed E-state index contributed by atoms with van der Waals surface area (Å²) in [4.78, 5) is 0. The normalized spacial score (nSPS) is 11.8. The average Bonchev–Trinajstić information content (AvgIpc) is 2.57. The monoisotopic (exact) mass is 459 g/mol. The van der Waals surface area contributed by atoms with E-state index in [9.17, 15) is 19.1 Å². The Morgan fingerprint density at radius 2 is 1.96 bits per heavy atom. The zero-order valence-electron chi connectivity index (χ0n) is 13.2. The third kappa shape index (κ3) is 5.36. The van der Waals surface area contributed by atoms with E-state index in [2.05, 4.69) is 0 Å². The van der Waals surface area contributed by atoms with Gasteiger partial charge in [0.25, 0.3) is 0 Å². The van der Waals surface area contributed by atoms with E-state index in [1.54, 1.807) is 12.1 Å². The molecule has 0 aliphatic carbocycles. The van der Waals surface area contributed by atoms with Crippen LogP contribution in [0.1, 0.15) is 23.1 Å². The number of rotatable bonds is 7. The molecular weight excluding hydrogens is 443 g/mol. The minimum atomic E-state index is -0.945. The van der Waals surface area contributed by atoms with Gasteiger partial charge >= 0.3 is 0 Å². The summed E-state index contributed by atoms with van der Waals surface area (Å²) in [6, 6.07) is 8.94. The molecule has 2 aromatic rings. The molecule has 0 aliphatic rings. The molecule has 1 unspecified atom stereocenters. The zero-order valence-corrected chi connectivity index (χ0v) is 15.3. The first-order valence-electron chi connectivity index (χ1n) is 7.52. The molecule has 0 bridgehead atoms. The van der Waals surface area contributed by atoms with Gasteiger partial charge in [0.2, 0.25) is 0 Å². The molecule has 0 heterocycles. The predicted molar refractivity (Wildman–Crippen MR) is 96.2 cm³/mol. The van der Waals surface area contributed by atoms with Gasteiger partial charge in [0.1, 0.15) is 23.5 Å². The number of nitrogens with zero attached hydrogens (tertiary/aromatic N) is 1. The summed E-state index contributed by atoms with van der Waals surface area (Å²) in [5.74, 6) is -0.986. The van der Waals surface area contributed by atoms with Crippen LogP contribution in [-0.2, 0) is 6.42 Å². The van der Waals surface area contributed by atoms with Crippen LogP contribution in [0.25, 0.3) is 0 Å². The number of aliphatic hydroxyl groups is 2. The molecule has 0 aliphatic heterocycles. The largest absolute Gasteiger partial charge is 0.492 e. The number of halogens is 3. The molecule has 7 heteroatoms. The Hall–Kier alpha value is -1.76. The number of hydrogen-bond acceptors (Lipinski definition) is 4. The van der Waals surface area contributed by atoms with Gasteiger partial charge in [-0.05, 0) is 51.9 Å². The molecule has 0 spiro atoms. The summed E-state index contributed by atoms with van der Waals surface area (Å²) in [6.07, 6.45) is -0.752. The molecular formula is C18H16F2INO3. The van der Waals surface area contributed by atoms with Crippen LogP contribution in [0.4, 0.5) is 8.78 Å². The number of aliphatic hydroxyl groups excluding tert-OH is 2. The summed E-state index contributed by atoms with van der Waals surface area (Å²) < 4.78 is 34.1. The van der Waals surface area contributed by atoms with E-state index in [0.717, 1.165) is 9.64 Å². The maximum atomic E-state index is 14.0. The minimum absolute atomic E-state index is 0.0111. The standard InChI is InChI=1S/C18H16F2INO3/c19-13-6-12(5-11-1-2-14(21)8-17(11)20)16(9-22)18(7-13)25-4-3-15(24)10-23/h1-2,6-8,15,23-24H,3-5,10H2. The predicted octanol–water partition coefficient (Wildman–Crippen LogP) is 3.15. The third-order valence-corrected chi connectivity index (χ3v) is 4.25. The van der Waals surface area contributed by atoms with Crippen molar-refractivity contribution in [2.45, 2.75) is 18.9 Å². The van der Waals surface area contributed by atoms with Crippen molar-refractivity contribution < 1.29 is 23.7 Å². The lowest BCUT2D eigenvalue weighted by Gasteiger charge is -2.13. The van der Waals surface area contributed by atoms with Gasteiger partial charge in [-0.1, -0.05) is 6.07 Å². The highest BCUT2D eigenvalue weighted by atomic mass is 127. The molecule has 25 heavy (non-hydrogen) atoms. The van der Waals surface area contributed by atoms with E-state index in [0.29, 0.717) is 11.1 Å². The zero-order chi connectivity index (χ0) is 18.4. The molecule has 0 saturated carbocycles. The Balaban J connectivity index is 2.27. The lowest BCUT2D eigenvalue weighted by molar-refractivity contribution is 0.0753. The van der Waals surface area contributed by atoms with Crippen molar-refractivity contribution in [1.82, 2.24) is 0 Å². The first-order chi connectivity index (χ1) is 11.9. The lowest BCUT2D eigenvalue weighted by atomic mass is 9.99. The second-order valence-corrected chi connectivity index (χ2v) is 6.68. The Labute approximate surface area is 157 Å². The second-order valence-electron chi connectivity index (χ2n) is 5.44. The molecule has 0 amide bonds. The fourth-order valence-electron chi connectivity index (χ4n) is 2.28. The maximum absolute atomic E-state index is 14.0. The van der Waals surface area contributed by atoms with E-state index in [4.69, 9.17) is 9.84 Å². The van der Waals surface area contributed by atoms with Gasteiger partial charge in [0.05, 0.1) is 24.9 Å². The van der Waals surface area contributed by atoms with Crippen LogP contribution in [0.5, 0.6) is 5.75 Å². The Kier molecular flexibility index (Phi) is 7.11. The van der Waals surface area contributed by atoms with Crippen molar-refractivity contribution in [3.05, 3.63) is 62.2 Å². The molecule has 0 fully saturated rings. The molecule has 4 nitrogen and oxygen atoms in total. The smallest absolute Gasteiger partial charge is 0.140 e. The number of hydrogen-bond donors (Lipinski definition) is 2. The van der Waals surface area contributed by atoms with E-state index in [1.165, 1.54) is 12.1 Å². The van der Waals surface area contributed by atoms with Crippen molar-refractivity contribution >= 4 is 22.6 Å². The second kappa shape index (κ2) is 9.08. The minimum Gasteiger partial charge on any atom is -0.492 e. The van der Waals surface area contributed by atoms with E-state index >= 15 is 0 Å². The Bertz CT molecular complexity index is 793. The van der Waals surface area contributed by atoms with E-state index < -0.39 is 24.3 Å². The number of ether oxygens (including phenoxy) is 1. The van der Waals surface area contributed by atoms with Gasteiger partial charge in [-0.3, -0.25) is 0 Å². The first kappa shape index (κ1) is 19.6. The first-order valence-corrected chi connectivity index (χ1v) is 8.60. The Morgan fingerprint density at radius 1 is 1.20 bits per heavy atom. The van der Waals surface area contributed by atoms with Crippen LogP contribution in [0.2, 0.25) is 0 Å². The van der Waals surface area contributed by atoms with Gasteiger partial charge in [-0.15, -0.1) is 0 Å². The van der Waals surface area contributed by atoms with Gasteiger partial charge in [-0.2, -0.15) is 5.26 Å². The highest BCUT2D eigenvalue weighted by Gasteiger charge is 2.15. The summed E-state index contributed by atoms with van der Waals surface area (Å²) in [7, 11) is 0. The van der Waals surface area contributed by atoms with Crippen molar-refractivity contribution in [3.8, 4) is 11.8 Å². The van der Waals surface area contributed by atoms with Crippen LogP contribution in [0.15, 0.2) is 30.3 Å². The van der Waals surface area contributed by atoms with Crippen molar-refractivity contribution in [2.24, 2.45) is 0 Å². The molecule has 0 saturated heterocycles. The van der Waals surface area contributed by atoms with Crippen molar-refractivity contribution in [3.63, 3.8) is 0 Å². The van der Waals surface area contributed by atoms with E-state index in [-0.39, 0.29) is 30.8 Å². The van der Waals surface area contributed by atoms with Crippen LogP contribution < -0.4 is 4.74 Å². The summed E-state index contributed by atoms with van der Waals surface area (Å²) in [5.41, 5.74) is 0.794. The molecule has 1 atom stereocenters. The molecule has 0 aromatic heterocycles. The molecule has 2 N–H and O–H groups in total.